The highest BCUT2D eigenvalue weighted by Crippen LogP contribution is 2.48. The Hall–Kier alpha value is -2.08. The molecule has 1 heterocycles. The number of rotatable bonds is 3. The molecule has 0 aromatic heterocycles. The Morgan fingerprint density at radius 1 is 1.37 bits per heavy atom. The van der Waals surface area contributed by atoms with Crippen molar-refractivity contribution in [3.63, 3.8) is 0 Å². The number of ketones is 1. The van der Waals surface area contributed by atoms with Gasteiger partial charge in [-0.25, -0.2) is 4.79 Å². The number of Topliss-reactive ketones (excluding diaryl/α,β-unsaturated/α-hetero) is 1. The molecule has 2 N–H and O–H groups in total. The van der Waals surface area contributed by atoms with Crippen LogP contribution in [0.5, 0.6) is 5.75 Å². The molecule has 1 atom stereocenters. The molecular formula is C21H24BrNO4. The van der Waals surface area contributed by atoms with Gasteiger partial charge in [0.05, 0.1) is 18.1 Å². The number of halogens is 1. The maximum atomic E-state index is 13.1. The molecule has 1 aromatic carbocycles. The number of nitrogens with one attached hydrogen (secondary N) is 1. The zero-order chi connectivity index (χ0) is 19.9. The summed E-state index contributed by atoms with van der Waals surface area (Å²) in [5.74, 6) is -1.09. The third kappa shape index (κ3) is 3.68. The fraction of sp³-hybridized carbons (Fsp3) is 0.429. The molecular weight excluding hydrogens is 410 g/mol. The molecule has 0 saturated heterocycles. The summed E-state index contributed by atoms with van der Waals surface area (Å²) in [4.78, 5) is 25.8. The van der Waals surface area contributed by atoms with Gasteiger partial charge in [-0.05, 0) is 43.9 Å². The molecule has 0 amide bonds. The van der Waals surface area contributed by atoms with Crippen molar-refractivity contribution in [1.29, 1.82) is 0 Å². The minimum Gasteiger partial charge on any atom is -0.508 e. The van der Waals surface area contributed by atoms with Gasteiger partial charge in [0.1, 0.15) is 5.75 Å². The highest BCUT2D eigenvalue weighted by Gasteiger charge is 2.43. The van der Waals surface area contributed by atoms with Crippen LogP contribution in [0.3, 0.4) is 0 Å². The second-order valence-electron chi connectivity index (χ2n) is 7.85. The van der Waals surface area contributed by atoms with Crippen LogP contribution in [-0.2, 0) is 14.3 Å². The van der Waals surface area contributed by atoms with Crippen LogP contribution in [0.1, 0.15) is 52.0 Å². The second-order valence-corrected chi connectivity index (χ2v) is 8.77. The van der Waals surface area contributed by atoms with E-state index in [2.05, 4.69) is 35.1 Å². The summed E-state index contributed by atoms with van der Waals surface area (Å²) in [6.45, 7) is 7.90. The highest BCUT2D eigenvalue weighted by molar-refractivity contribution is 9.10. The van der Waals surface area contributed by atoms with Gasteiger partial charge in [-0.3, -0.25) is 4.79 Å². The summed E-state index contributed by atoms with van der Waals surface area (Å²) in [5.41, 5.74) is 2.77. The Balaban J connectivity index is 2.24. The van der Waals surface area contributed by atoms with E-state index in [1.807, 2.05) is 6.92 Å². The lowest BCUT2D eigenvalue weighted by atomic mass is 9.68. The van der Waals surface area contributed by atoms with E-state index in [-0.39, 0.29) is 23.6 Å². The summed E-state index contributed by atoms with van der Waals surface area (Å²) in [7, 11) is 0. The molecule has 0 bridgehead atoms. The number of esters is 1. The number of hydrogen-bond donors (Lipinski definition) is 2. The molecule has 144 valence electrons. The van der Waals surface area contributed by atoms with Crippen molar-refractivity contribution in [1.82, 2.24) is 5.32 Å². The monoisotopic (exact) mass is 433 g/mol. The maximum absolute atomic E-state index is 13.1. The molecule has 0 fully saturated rings. The molecule has 6 heteroatoms. The van der Waals surface area contributed by atoms with Gasteiger partial charge in [0, 0.05) is 33.4 Å². The summed E-state index contributed by atoms with van der Waals surface area (Å²) in [6, 6.07) is 5.05. The molecule has 1 aliphatic heterocycles. The van der Waals surface area contributed by atoms with Crippen LogP contribution >= 0.6 is 15.9 Å². The molecule has 27 heavy (non-hydrogen) atoms. The summed E-state index contributed by atoms with van der Waals surface area (Å²) < 4.78 is 6.03. The molecule has 0 spiro atoms. The first-order valence-electron chi connectivity index (χ1n) is 9.04. The normalized spacial score (nSPS) is 21.7. The Morgan fingerprint density at radius 2 is 2.07 bits per heavy atom. The van der Waals surface area contributed by atoms with E-state index in [9.17, 15) is 14.7 Å². The third-order valence-corrected chi connectivity index (χ3v) is 5.53. The summed E-state index contributed by atoms with van der Waals surface area (Å²) >= 11 is 3.43. The van der Waals surface area contributed by atoms with Crippen molar-refractivity contribution in [2.75, 3.05) is 6.61 Å². The first kappa shape index (κ1) is 19.7. The van der Waals surface area contributed by atoms with E-state index in [4.69, 9.17) is 4.74 Å². The van der Waals surface area contributed by atoms with Gasteiger partial charge in [-0.2, -0.15) is 0 Å². The number of phenolic OH excluding ortho intramolecular Hbond substituents is 1. The van der Waals surface area contributed by atoms with Crippen molar-refractivity contribution in [2.24, 2.45) is 5.41 Å². The van der Waals surface area contributed by atoms with Crippen LogP contribution in [0.15, 0.2) is 45.2 Å². The van der Waals surface area contributed by atoms with E-state index in [1.165, 1.54) is 0 Å². The maximum Gasteiger partial charge on any atom is 0.336 e. The Morgan fingerprint density at radius 3 is 2.74 bits per heavy atom. The lowest BCUT2D eigenvalue weighted by Gasteiger charge is -2.39. The lowest BCUT2D eigenvalue weighted by Crippen LogP contribution is -2.38. The van der Waals surface area contributed by atoms with Gasteiger partial charge in [0.15, 0.2) is 5.78 Å². The number of benzene rings is 1. The van der Waals surface area contributed by atoms with Gasteiger partial charge < -0.3 is 15.2 Å². The van der Waals surface area contributed by atoms with E-state index < -0.39 is 11.9 Å². The number of dihydropyridines is 1. The number of phenols is 1. The summed E-state index contributed by atoms with van der Waals surface area (Å²) in [6.07, 6.45) is 1.10. The number of carbonyl (C=O) groups excluding carboxylic acids is 2. The fourth-order valence-corrected chi connectivity index (χ4v) is 4.36. The standard InChI is InChI=1S/C21H24BrNO4/c1-5-27-20(26)17-11(2)23-14-9-21(3,4)10-16(25)19(14)18(17)13-8-12(22)6-7-15(13)24/h6-8,18,23-24H,5,9-10H2,1-4H3. The summed E-state index contributed by atoms with van der Waals surface area (Å²) in [5, 5.41) is 13.8. The largest absolute Gasteiger partial charge is 0.508 e. The van der Waals surface area contributed by atoms with Gasteiger partial charge in [0.2, 0.25) is 0 Å². The Bertz CT molecular complexity index is 882. The molecule has 5 nitrogen and oxygen atoms in total. The molecule has 1 unspecified atom stereocenters. The van der Waals surface area contributed by atoms with Crippen LogP contribution in [0.4, 0.5) is 0 Å². The van der Waals surface area contributed by atoms with Gasteiger partial charge in [-0.15, -0.1) is 0 Å². The van der Waals surface area contributed by atoms with Gasteiger partial charge in [-0.1, -0.05) is 29.8 Å². The van der Waals surface area contributed by atoms with E-state index in [0.717, 1.165) is 10.2 Å². The van der Waals surface area contributed by atoms with Crippen molar-refractivity contribution in [3.05, 3.63) is 50.8 Å². The smallest absolute Gasteiger partial charge is 0.336 e. The molecule has 0 saturated carbocycles. The topological polar surface area (TPSA) is 75.6 Å². The van der Waals surface area contributed by atoms with Gasteiger partial charge >= 0.3 is 5.97 Å². The highest BCUT2D eigenvalue weighted by atomic mass is 79.9. The van der Waals surface area contributed by atoms with Crippen molar-refractivity contribution >= 4 is 27.7 Å². The third-order valence-electron chi connectivity index (χ3n) is 5.04. The van der Waals surface area contributed by atoms with Crippen LogP contribution in [-0.4, -0.2) is 23.5 Å². The molecule has 1 aliphatic carbocycles. The van der Waals surface area contributed by atoms with Crippen molar-refractivity contribution < 1.29 is 19.4 Å². The minimum atomic E-state index is -0.651. The number of aromatic hydroxyl groups is 1. The van der Waals surface area contributed by atoms with Crippen LogP contribution in [0, 0.1) is 5.41 Å². The average molecular weight is 434 g/mol. The number of allylic oxidation sites excluding steroid dienone is 3. The van der Waals surface area contributed by atoms with E-state index in [0.29, 0.717) is 35.2 Å². The Kier molecular flexibility index (Phi) is 5.21. The van der Waals surface area contributed by atoms with Crippen molar-refractivity contribution in [2.45, 2.75) is 46.5 Å². The molecule has 2 aliphatic rings. The zero-order valence-corrected chi connectivity index (χ0v) is 17.6. The van der Waals surface area contributed by atoms with E-state index >= 15 is 0 Å². The quantitative estimate of drug-likeness (QED) is 0.693. The first-order valence-corrected chi connectivity index (χ1v) is 9.83. The van der Waals surface area contributed by atoms with Crippen molar-refractivity contribution in [3.8, 4) is 5.75 Å². The van der Waals surface area contributed by atoms with E-state index in [1.54, 1.807) is 25.1 Å². The molecule has 3 rings (SSSR count). The SMILES string of the molecule is CCOC(=O)C1=C(C)NC2=C(C(=O)CC(C)(C)C2)C1c1cc(Br)ccc1O. The number of ether oxygens (including phenoxy) is 1. The second kappa shape index (κ2) is 7.15. The number of carbonyl (C=O) groups is 2. The zero-order valence-electron chi connectivity index (χ0n) is 16.0. The van der Waals surface area contributed by atoms with Gasteiger partial charge in [0.25, 0.3) is 0 Å². The Labute approximate surface area is 167 Å². The predicted octanol–water partition coefficient (Wildman–Crippen LogP) is 4.32. The average Bonchev–Trinajstić information content (AvgIpc) is 2.54. The first-order chi connectivity index (χ1) is 12.6. The molecule has 0 radical (unpaired) electrons. The fourth-order valence-electron chi connectivity index (χ4n) is 3.98. The minimum absolute atomic E-state index is 0.00701. The van der Waals surface area contributed by atoms with Crippen LogP contribution in [0.2, 0.25) is 0 Å². The molecule has 1 aromatic rings. The van der Waals surface area contributed by atoms with Crippen LogP contribution in [0.25, 0.3) is 0 Å². The number of hydrogen-bond acceptors (Lipinski definition) is 5. The predicted molar refractivity (Wildman–Crippen MR) is 106 cm³/mol. The lowest BCUT2D eigenvalue weighted by molar-refractivity contribution is -0.138. The van der Waals surface area contributed by atoms with Crippen LogP contribution < -0.4 is 5.32 Å².